The molecule has 0 fully saturated rings. The average molecular weight is 452 g/mol. The van der Waals surface area contributed by atoms with E-state index in [0.717, 1.165) is 5.56 Å². The van der Waals surface area contributed by atoms with Gasteiger partial charge in [-0.15, -0.1) is 0 Å². The van der Waals surface area contributed by atoms with Gasteiger partial charge in [0.05, 0.1) is 6.04 Å². The molecule has 0 saturated heterocycles. The fourth-order valence-electron chi connectivity index (χ4n) is 3.45. The van der Waals surface area contributed by atoms with Crippen molar-refractivity contribution in [3.63, 3.8) is 0 Å². The predicted molar refractivity (Wildman–Crippen MR) is 127 cm³/mol. The average Bonchev–Trinajstić information content (AvgIpc) is 3.10. The van der Waals surface area contributed by atoms with Crippen LogP contribution in [0.1, 0.15) is 65.6 Å². The third-order valence-corrected chi connectivity index (χ3v) is 5.94. The van der Waals surface area contributed by atoms with Crippen molar-refractivity contribution in [3.05, 3.63) is 70.5 Å². The largest absolute Gasteiger partial charge is 0.383 e. The molecule has 0 aliphatic heterocycles. The Morgan fingerprint density at radius 1 is 1.15 bits per heavy atom. The van der Waals surface area contributed by atoms with Crippen LogP contribution >= 0.6 is 0 Å². The van der Waals surface area contributed by atoms with Gasteiger partial charge in [-0.2, -0.15) is 5.10 Å². The Balaban J connectivity index is 1.83. The van der Waals surface area contributed by atoms with Crippen molar-refractivity contribution in [1.29, 1.82) is 0 Å². The summed E-state index contributed by atoms with van der Waals surface area (Å²) >= 11 is 0. The van der Waals surface area contributed by atoms with Crippen molar-refractivity contribution in [2.75, 3.05) is 5.73 Å². The number of nitrogens with zero attached hydrogens (tertiary/aromatic N) is 2. The van der Waals surface area contributed by atoms with Crippen molar-refractivity contribution in [2.24, 2.45) is 11.1 Å². The van der Waals surface area contributed by atoms with Crippen molar-refractivity contribution in [2.45, 2.75) is 47.2 Å². The first kappa shape index (κ1) is 24.0. The lowest BCUT2D eigenvalue weighted by molar-refractivity contribution is 0.0948. The van der Waals surface area contributed by atoms with Crippen LogP contribution in [-0.2, 0) is 6.54 Å². The van der Waals surface area contributed by atoms with E-state index < -0.39 is 11.7 Å². The zero-order chi connectivity index (χ0) is 24.5. The molecule has 3 rings (SSSR count). The molecule has 1 heterocycles. The highest BCUT2D eigenvalue weighted by molar-refractivity contribution is 6.03. The molecule has 5 N–H and O–H groups in total. The van der Waals surface area contributed by atoms with E-state index in [9.17, 15) is 14.0 Å². The second kappa shape index (κ2) is 9.05. The van der Waals surface area contributed by atoms with Crippen LogP contribution in [0, 0.1) is 18.2 Å². The van der Waals surface area contributed by atoms with Gasteiger partial charge in [0.2, 0.25) is 0 Å². The first-order valence-corrected chi connectivity index (χ1v) is 10.7. The van der Waals surface area contributed by atoms with Crippen molar-refractivity contribution in [3.8, 4) is 11.3 Å². The van der Waals surface area contributed by atoms with Crippen LogP contribution in [0.5, 0.6) is 0 Å². The van der Waals surface area contributed by atoms with Gasteiger partial charge in [0.1, 0.15) is 22.9 Å². The Morgan fingerprint density at radius 2 is 1.79 bits per heavy atom. The lowest BCUT2D eigenvalue weighted by Crippen LogP contribution is -2.24. The maximum absolute atomic E-state index is 13.5. The van der Waals surface area contributed by atoms with Crippen LogP contribution in [0.2, 0.25) is 0 Å². The predicted octanol–water partition coefficient (Wildman–Crippen LogP) is 4.22. The maximum Gasteiger partial charge on any atom is 0.254 e. The fourth-order valence-corrected chi connectivity index (χ4v) is 3.45. The molecule has 2 aromatic carbocycles. The summed E-state index contributed by atoms with van der Waals surface area (Å²) in [5.74, 6) is -1.21. The number of rotatable bonds is 6. The van der Waals surface area contributed by atoms with E-state index >= 15 is 0 Å². The van der Waals surface area contributed by atoms with Crippen molar-refractivity contribution < 1.29 is 14.0 Å². The SMILES string of the molecule is Cc1ccc(F)cc1C(=O)NCc1ccc(-c2nn(C(C)C(C)(C)C)c(N)c2C(N)=O)cc1. The molecule has 1 aromatic heterocycles. The van der Waals surface area contributed by atoms with E-state index in [4.69, 9.17) is 11.5 Å². The minimum absolute atomic E-state index is 0.0647. The van der Waals surface area contributed by atoms with Gasteiger partial charge in [0.25, 0.3) is 11.8 Å². The first-order chi connectivity index (χ1) is 15.4. The molecular weight excluding hydrogens is 421 g/mol. The molecule has 0 radical (unpaired) electrons. The molecule has 174 valence electrons. The normalized spacial score (nSPS) is 12.4. The molecule has 2 amide bonds. The zero-order valence-corrected chi connectivity index (χ0v) is 19.6. The highest BCUT2D eigenvalue weighted by atomic mass is 19.1. The van der Waals surface area contributed by atoms with Crippen LogP contribution in [-0.4, -0.2) is 21.6 Å². The number of nitrogens with one attached hydrogen (secondary N) is 1. The number of primary amides is 1. The Bertz CT molecular complexity index is 1190. The summed E-state index contributed by atoms with van der Waals surface area (Å²) in [4.78, 5) is 24.6. The summed E-state index contributed by atoms with van der Waals surface area (Å²) in [6.45, 7) is 10.2. The van der Waals surface area contributed by atoms with Crippen LogP contribution in [0.3, 0.4) is 0 Å². The fraction of sp³-hybridized carbons (Fsp3) is 0.320. The lowest BCUT2D eigenvalue weighted by atomic mass is 9.88. The van der Waals surface area contributed by atoms with Crippen molar-refractivity contribution in [1.82, 2.24) is 15.1 Å². The molecule has 7 nitrogen and oxygen atoms in total. The molecule has 3 aromatic rings. The van der Waals surface area contributed by atoms with Gasteiger partial charge in [0.15, 0.2) is 0 Å². The van der Waals surface area contributed by atoms with Gasteiger partial charge in [-0.25, -0.2) is 9.07 Å². The van der Waals surface area contributed by atoms with Crippen LogP contribution < -0.4 is 16.8 Å². The summed E-state index contributed by atoms with van der Waals surface area (Å²) in [5.41, 5.74) is 14.9. The number of carbonyl (C=O) groups is 2. The molecule has 0 saturated carbocycles. The van der Waals surface area contributed by atoms with Gasteiger partial charge in [0, 0.05) is 17.7 Å². The smallest absolute Gasteiger partial charge is 0.254 e. The summed E-state index contributed by atoms with van der Waals surface area (Å²) in [5, 5.41) is 7.41. The summed E-state index contributed by atoms with van der Waals surface area (Å²) in [6.07, 6.45) is 0. The minimum Gasteiger partial charge on any atom is -0.383 e. The number of benzene rings is 2. The standard InChI is InChI=1S/C25H30FN5O2/c1-14-6-11-18(26)12-19(14)24(33)29-13-16-7-9-17(10-8-16)21-20(23(28)32)22(27)31(30-21)15(2)25(3,4)5/h6-12,15H,13,27H2,1-5H3,(H2,28,32)(H,29,33). The van der Waals surface area contributed by atoms with Gasteiger partial charge in [-0.3, -0.25) is 9.59 Å². The number of halogens is 1. The Kier molecular flexibility index (Phi) is 6.58. The van der Waals surface area contributed by atoms with Crippen molar-refractivity contribution >= 4 is 17.6 Å². The number of hydrogen-bond acceptors (Lipinski definition) is 4. The molecule has 1 atom stereocenters. The highest BCUT2D eigenvalue weighted by Gasteiger charge is 2.29. The van der Waals surface area contributed by atoms with Gasteiger partial charge in [-0.05, 0) is 42.5 Å². The summed E-state index contributed by atoms with van der Waals surface area (Å²) < 4.78 is 15.1. The molecule has 0 spiro atoms. The van der Waals surface area contributed by atoms with E-state index in [2.05, 4.69) is 31.2 Å². The quantitative estimate of drug-likeness (QED) is 0.520. The third kappa shape index (κ3) is 5.05. The number of carbonyl (C=O) groups excluding carboxylic acids is 2. The number of nitrogens with two attached hydrogens (primary N) is 2. The molecule has 0 bridgehead atoms. The monoisotopic (exact) mass is 451 g/mol. The number of amides is 2. The van der Waals surface area contributed by atoms with Crippen LogP contribution in [0.15, 0.2) is 42.5 Å². The molecule has 1 unspecified atom stereocenters. The number of aromatic nitrogens is 2. The Morgan fingerprint density at radius 3 is 2.36 bits per heavy atom. The van der Waals surface area contributed by atoms with E-state index in [1.807, 2.05) is 19.1 Å². The first-order valence-electron chi connectivity index (χ1n) is 10.7. The van der Waals surface area contributed by atoms with Gasteiger partial charge in [-0.1, -0.05) is 51.1 Å². The summed E-state index contributed by atoms with van der Waals surface area (Å²) in [7, 11) is 0. The van der Waals surface area contributed by atoms with Crippen LogP contribution in [0.25, 0.3) is 11.3 Å². The topological polar surface area (TPSA) is 116 Å². The van der Waals surface area contributed by atoms with E-state index in [-0.39, 0.29) is 35.3 Å². The van der Waals surface area contributed by atoms with Crippen LogP contribution in [0.4, 0.5) is 10.2 Å². The molecule has 33 heavy (non-hydrogen) atoms. The molecule has 0 aliphatic carbocycles. The number of aryl methyl sites for hydroxylation is 1. The van der Waals surface area contributed by atoms with E-state index in [0.29, 0.717) is 22.4 Å². The van der Waals surface area contributed by atoms with Gasteiger partial charge >= 0.3 is 0 Å². The third-order valence-electron chi connectivity index (χ3n) is 5.94. The maximum atomic E-state index is 13.5. The highest BCUT2D eigenvalue weighted by Crippen LogP contribution is 2.35. The second-order valence-electron chi connectivity index (χ2n) is 9.30. The number of hydrogen-bond donors (Lipinski definition) is 3. The summed E-state index contributed by atoms with van der Waals surface area (Å²) in [6, 6.07) is 11.3. The second-order valence-corrected chi connectivity index (χ2v) is 9.30. The lowest BCUT2D eigenvalue weighted by Gasteiger charge is -2.28. The molecule has 0 aliphatic rings. The Hall–Kier alpha value is -3.68. The number of anilines is 1. The van der Waals surface area contributed by atoms with E-state index in [1.165, 1.54) is 12.1 Å². The zero-order valence-electron chi connectivity index (χ0n) is 19.6. The Labute approximate surface area is 193 Å². The minimum atomic E-state index is -0.642. The molecule has 8 heteroatoms. The van der Waals surface area contributed by atoms with E-state index in [1.54, 1.807) is 29.8 Å². The molecular formula is C25H30FN5O2. The van der Waals surface area contributed by atoms with Gasteiger partial charge < -0.3 is 16.8 Å². The number of nitrogen functional groups attached to an aromatic ring is 1.